The number of benzene rings is 6. The van der Waals surface area contributed by atoms with Gasteiger partial charge in [0.1, 0.15) is 5.75 Å². The minimum Gasteiger partial charge on any atom is -0.455 e. The van der Waals surface area contributed by atoms with Gasteiger partial charge in [-0.15, -0.1) is 0 Å². The highest BCUT2D eigenvalue weighted by Crippen LogP contribution is 2.60. The van der Waals surface area contributed by atoms with Crippen molar-refractivity contribution < 1.29 is 4.74 Å². The van der Waals surface area contributed by atoms with E-state index in [-0.39, 0.29) is 10.8 Å². The first kappa shape index (κ1) is 29.1. The summed E-state index contributed by atoms with van der Waals surface area (Å²) < 4.78 is 6.95. The maximum atomic E-state index is 6.95. The third-order valence-electron chi connectivity index (χ3n) is 9.84. The summed E-state index contributed by atoms with van der Waals surface area (Å²) in [6.45, 7) is 9.35. The molecule has 6 aromatic carbocycles. The van der Waals surface area contributed by atoms with Gasteiger partial charge in [-0.1, -0.05) is 142 Å². The van der Waals surface area contributed by atoms with E-state index in [4.69, 9.17) is 4.74 Å². The summed E-state index contributed by atoms with van der Waals surface area (Å²) in [4.78, 5) is 10.2. The van der Waals surface area contributed by atoms with E-state index in [1.54, 1.807) is 0 Å². The number of nitrogens with zero attached hydrogens (tertiary/aromatic N) is 1. The van der Waals surface area contributed by atoms with E-state index in [1.807, 2.05) is 35.3 Å². The lowest BCUT2D eigenvalue weighted by atomic mass is 9.75. The van der Waals surface area contributed by atoms with E-state index < -0.39 is 0 Å². The number of para-hydroxylation sites is 2. The van der Waals surface area contributed by atoms with Crippen molar-refractivity contribution in [2.24, 2.45) is 0 Å². The quantitative estimate of drug-likeness (QED) is 0.186. The van der Waals surface area contributed by atoms with Gasteiger partial charge in [-0.25, -0.2) is 0 Å². The smallest absolute Gasteiger partial charge is 0.155 e. The molecule has 9 rings (SSSR count). The molecule has 0 atom stereocenters. The number of fused-ring (bicyclic) bond motifs is 6. The second-order valence-corrected chi connectivity index (χ2v) is 16.5. The first-order valence-corrected chi connectivity index (χ1v) is 18.5. The monoisotopic (exact) mass is 663 g/mol. The van der Waals surface area contributed by atoms with Crippen molar-refractivity contribution in [3.05, 3.63) is 150 Å². The molecule has 0 saturated carbocycles. The summed E-state index contributed by atoms with van der Waals surface area (Å²) in [5.74, 6) is 1.84. The van der Waals surface area contributed by atoms with Crippen molar-refractivity contribution in [2.45, 2.75) is 67.9 Å². The molecule has 47 heavy (non-hydrogen) atoms. The van der Waals surface area contributed by atoms with Crippen molar-refractivity contribution >= 4 is 52.3 Å². The summed E-state index contributed by atoms with van der Waals surface area (Å²) in [7, 11) is 0. The Balaban J connectivity index is 1.32. The molecule has 0 bridgehead atoms. The van der Waals surface area contributed by atoms with E-state index in [2.05, 4.69) is 160 Å². The van der Waals surface area contributed by atoms with Gasteiger partial charge in [0, 0.05) is 46.4 Å². The van der Waals surface area contributed by atoms with Crippen LogP contribution in [-0.2, 0) is 10.8 Å². The molecule has 0 saturated heterocycles. The van der Waals surface area contributed by atoms with Crippen LogP contribution in [0.5, 0.6) is 11.5 Å². The molecule has 0 aliphatic carbocycles. The van der Waals surface area contributed by atoms with E-state index >= 15 is 0 Å². The first-order chi connectivity index (χ1) is 22.8. The molecule has 2 nitrogen and oxygen atoms in total. The molecule has 3 heterocycles. The van der Waals surface area contributed by atoms with Crippen molar-refractivity contribution in [2.75, 3.05) is 4.90 Å². The van der Waals surface area contributed by atoms with Gasteiger partial charge in [0.2, 0.25) is 0 Å². The van der Waals surface area contributed by atoms with Crippen LogP contribution >= 0.6 is 35.3 Å². The average molecular weight is 664 g/mol. The Morgan fingerprint density at radius 3 is 1.72 bits per heavy atom. The van der Waals surface area contributed by atoms with Gasteiger partial charge in [-0.3, -0.25) is 0 Å². The normalized spacial score (nSPS) is 15.9. The van der Waals surface area contributed by atoms with Gasteiger partial charge in [0.05, 0.1) is 22.0 Å². The number of hydrogen-bond donors (Lipinski definition) is 0. The summed E-state index contributed by atoms with van der Waals surface area (Å²) in [5.41, 5.74) is 8.13. The fourth-order valence-electron chi connectivity index (χ4n) is 7.35. The average Bonchev–Trinajstić information content (AvgIpc) is 3.08. The highest BCUT2D eigenvalue weighted by Gasteiger charge is 2.39. The molecule has 5 heteroatoms. The molecule has 3 aliphatic rings. The van der Waals surface area contributed by atoms with Gasteiger partial charge >= 0.3 is 0 Å². The molecule has 0 fully saturated rings. The maximum absolute atomic E-state index is 6.95. The van der Waals surface area contributed by atoms with Crippen molar-refractivity contribution in [1.82, 2.24) is 0 Å². The summed E-state index contributed by atoms with van der Waals surface area (Å²) >= 11 is 5.61. The molecule has 0 amide bonds. The predicted octanol–water partition coefficient (Wildman–Crippen LogP) is 13.0. The van der Waals surface area contributed by atoms with E-state index in [0.717, 1.165) is 22.9 Å². The van der Waals surface area contributed by atoms with Crippen molar-refractivity contribution in [3.63, 3.8) is 0 Å². The largest absolute Gasteiger partial charge is 0.455 e. The Morgan fingerprint density at radius 2 is 0.936 bits per heavy atom. The number of anilines is 3. The zero-order chi connectivity index (χ0) is 31.9. The Morgan fingerprint density at radius 1 is 0.426 bits per heavy atom. The summed E-state index contributed by atoms with van der Waals surface area (Å²) in [6, 6.07) is 46.4. The maximum Gasteiger partial charge on any atom is 0.155 e. The van der Waals surface area contributed by atoms with Gasteiger partial charge in [0.25, 0.3) is 0 Å². The zero-order valence-corrected chi connectivity index (χ0v) is 29.2. The van der Waals surface area contributed by atoms with Crippen LogP contribution < -0.4 is 9.64 Å². The summed E-state index contributed by atoms with van der Waals surface area (Å²) in [6.07, 6.45) is 0. The SMILES string of the molecule is CC1(C)c2ccccc2Oc2c(N(c3cccc4c3Sc3ccccc3S4)c3cccc4c3Sc3ccccc3C4(C)C)cccc21. The van der Waals surface area contributed by atoms with Gasteiger partial charge in [0.15, 0.2) is 5.75 Å². The van der Waals surface area contributed by atoms with Crippen molar-refractivity contribution in [1.29, 1.82) is 0 Å². The second-order valence-electron chi connectivity index (χ2n) is 13.3. The minimum absolute atomic E-state index is 0.147. The van der Waals surface area contributed by atoms with E-state index in [9.17, 15) is 0 Å². The lowest BCUT2D eigenvalue weighted by Crippen LogP contribution is -2.27. The highest BCUT2D eigenvalue weighted by molar-refractivity contribution is 8.05. The Bertz CT molecular complexity index is 2130. The molecule has 0 radical (unpaired) electrons. The van der Waals surface area contributed by atoms with Crippen LogP contribution in [0.4, 0.5) is 17.1 Å². The van der Waals surface area contributed by atoms with Crippen molar-refractivity contribution in [3.8, 4) is 11.5 Å². The minimum atomic E-state index is -0.225. The lowest BCUT2D eigenvalue weighted by Gasteiger charge is -2.40. The van der Waals surface area contributed by atoms with Crippen LogP contribution in [0.3, 0.4) is 0 Å². The number of ether oxygens (including phenoxy) is 1. The topological polar surface area (TPSA) is 12.5 Å². The predicted molar refractivity (Wildman–Crippen MR) is 197 cm³/mol. The molecule has 3 aliphatic heterocycles. The van der Waals surface area contributed by atoms with Gasteiger partial charge < -0.3 is 9.64 Å². The van der Waals surface area contributed by atoms with Gasteiger partial charge in [-0.2, -0.15) is 0 Å². The zero-order valence-electron chi connectivity index (χ0n) is 26.7. The Hall–Kier alpha value is -4.03. The standard InChI is InChI=1S/C42H33NOS3/c1-41(2)26-14-5-7-21-33(26)44-38-28(41)16-11-18-30(38)43(32-20-13-25-37-40(32)47-36-24-10-9-23-35(36)45-37)31-19-12-17-29-39(31)46-34-22-8-6-15-27(34)42(29,3)4/h5-25H,1-4H3. The first-order valence-electron chi connectivity index (χ1n) is 16.0. The van der Waals surface area contributed by atoms with Crippen LogP contribution in [0.25, 0.3) is 0 Å². The van der Waals surface area contributed by atoms with E-state index in [1.165, 1.54) is 57.3 Å². The number of hydrogen-bond acceptors (Lipinski definition) is 5. The Kier molecular flexibility index (Phi) is 6.66. The lowest BCUT2D eigenvalue weighted by molar-refractivity contribution is 0.419. The molecule has 0 N–H and O–H groups in total. The molecular weight excluding hydrogens is 631 g/mol. The van der Waals surface area contributed by atoms with Crippen LogP contribution in [-0.4, -0.2) is 0 Å². The molecule has 0 aromatic heterocycles. The van der Waals surface area contributed by atoms with Crippen LogP contribution in [0.1, 0.15) is 49.9 Å². The molecule has 230 valence electrons. The second kappa shape index (κ2) is 10.7. The third kappa shape index (κ3) is 4.43. The van der Waals surface area contributed by atoms with E-state index in [0.29, 0.717) is 0 Å². The van der Waals surface area contributed by atoms with Gasteiger partial charge in [-0.05, 0) is 59.7 Å². The van der Waals surface area contributed by atoms with Crippen LogP contribution in [0.2, 0.25) is 0 Å². The molecule has 0 unspecified atom stereocenters. The van der Waals surface area contributed by atoms with Crippen LogP contribution in [0.15, 0.2) is 157 Å². The third-order valence-corrected chi connectivity index (χ3v) is 13.7. The Labute approximate surface area is 289 Å². The molecular formula is C42H33NOS3. The van der Waals surface area contributed by atoms with Crippen LogP contribution in [0, 0.1) is 0 Å². The fourth-order valence-corrected chi connectivity index (χ4v) is 11.2. The summed E-state index contributed by atoms with van der Waals surface area (Å²) in [5, 5.41) is 0. The highest BCUT2D eigenvalue weighted by atomic mass is 32.2. The fraction of sp³-hybridized carbons (Fsp3) is 0.143. The number of rotatable bonds is 3. The molecule has 0 spiro atoms. The molecule has 6 aromatic rings.